The first-order chi connectivity index (χ1) is 13.8. The highest BCUT2D eigenvalue weighted by Crippen LogP contribution is 2.44. The van der Waals surface area contributed by atoms with Gasteiger partial charge in [-0.1, -0.05) is 91.0 Å². The topological polar surface area (TPSA) is 43.4 Å². The Morgan fingerprint density at radius 2 is 0.964 bits per heavy atom. The van der Waals surface area contributed by atoms with Gasteiger partial charge in [0.05, 0.1) is 0 Å². The van der Waals surface area contributed by atoms with Crippen LogP contribution in [0.5, 0.6) is 0 Å². The van der Waals surface area contributed by atoms with Gasteiger partial charge in [-0.25, -0.2) is 0 Å². The zero-order valence-electron chi connectivity index (χ0n) is 15.1. The third-order valence-corrected chi connectivity index (χ3v) is 4.81. The van der Waals surface area contributed by atoms with Gasteiger partial charge in [0, 0.05) is 28.2 Å². The molecule has 0 radical (unpaired) electrons. The quantitative estimate of drug-likeness (QED) is 0.596. The summed E-state index contributed by atoms with van der Waals surface area (Å²) in [4.78, 5) is 24.3. The van der Waals surface area contributed by atoms with Crippen molar-refractivity contribution in [3.05, 3.63) is 119 Å². The highest BCUT2D eigenvalue weighted by molar-refractivity contribution is 6.00. The van der Waals surface area contributed by atoms with E-state index in [-0.39, 0.29) is 0 Å². The van der Waals surface area contributed by atoms with Gasteiger partial charge in [0.2, 0.25) is 0 Å². The third kappa shape index (κ3) is 3.19. The second-order valence-corrected chi connectivity index (χ2v) is 6.48. The Labute approximate surface area is 163 Å². The number of allylic oxidation sites excluding steroid dienone is 2. The average molecular weight is 366 g/mol. The second kappa shape index (κ2) is 7.89. The number of hydrogen-bond acceptors (Lipinski definition) is 3. The number of benzene rings is 3. The maximum Gasteiger partial charge on any atom is 0.150 e. The molecule has 0 fully saturated rings. The molecule has 0 saturated carbocycles. The molecular formula is C25H18O3. The molecule has 3 heteroatoms. The molecule has 28 heavy (non-hydrogen) atoms. The lowest BCUT2D eigenvalue weighted by molar-refractivity contribution is -0.105. The van der Waals surface area contributed by atoms with Gasteiger partial charge in [0.25, 0.3) is 0 Å². The summed E-state index contributed by atoms with van der Waals surface area (Å²) in [5.74, 6) is 0.471. The van der Waals surface area contributed by atoms with Crippen LogP contribution in [0, 0.1) is 0 Å². The molecule has 1 heterocycles. The summed E-state index contributed by atoms with van der Waals surface area (Å²) in [5.41, 5.74) is 3.35. The van der Waals surface area contributed by atoms with Gasteiger partial charge in [-0.2, -0.15) is 0 Å². The molecule has 0 unspecified atom stereocenters. The van der Waals surface area contributed by atoms with E-state index < -0.39 is 5.92 Å². The Morgan fingerprint density at radius 3 is 1.36 bits per heavy atom. The van der Waals surface area contributed by atoms with Gasteiger partial charge in [-0.05, 0) is 5.56 Å². The van der Waals surface area contributed by atoms with Gasteiger partial charge in [-0.15, -0.1) is 0 Å². The van der Waals surface area contributed by atoms with Crippen LogP contribution >= 0.6 is 0 Å². The summed E-state index contributed by atoms with van der Waals surface area (Å²) in [5, 5.41) is 0. The molecule has 4 rings (SSSR count). The molecular weight excluding hydrogens is 348 g/mol. The maximum absolute atomic E-state index is 12.2. The van der Waals surface area contributed by atoms with E-state index in [1.54, 1.807) is 0 Å². The van der Waals surface area contributed by atoms with Gasteiger partial charge < -0.3 is 4.74 Å². The smallest absolute Gasteiger partial charge is 0.150 e. The number of rotatable bonds is 5. The molecule has 0 saturated heterocycles. The first-order valence-corrected chi connectivity index (χ1v) is 9.06. The van der Waals surface area contributed by atoms with Crippen molar-refractivity contribution >= 4 is 24.1 Å². The number of ether oxygens (including phenoxy) is 1. The number of carbonyl (C=O) groups is 2. The molecule has 3 nitrogen and oxygen atoms in total. The standard InChI is InChI=1S/C25H18O3/c26-16-21-23(18-10-4-1-5-11-18)22(17-27)25(20-14-8-3-9-15-20)28-24(21)19-12-6-2-7-13-19/h1-17,23H. The normalized spacial score (nSPS) is 14.6. The van der Waals surface area contributed by atoms with Crippen molar-refractivity contribution in [1.82, 2.24) is 0 Å². The van der Waals surface area contributed by atoms with E-state index in [4.69, 9.17) is 4.74 Å². The first-order valence-electron chi connectivity index (χ1n) is 9.06. The van der Waals surface area contributed by atoms with Crippen molar-refractivity contribution in [2.24, 2.45) is 0 Å². The Kier molecular flexibility index (Phi) is 4.98. The summed E-state index contributed by atoms with van der Waals surface area (Å²) in [7, 11) is 0. The van der Waals surface area contributed by atoms with Gasteiger partial charge in [0.15, 0.2) is 12.6 Å². The molecule has 0 aliphatic carbocycles. The highest BCUT2D eigenvalue weighted by atomic mass is 16.5. The van der Waals surface area contributed by atoms with E-state index in [0.29, 0.717) is 22.7 Å². The van der Waals surface area contributed by atoms with Gasteiger partial charge >= 0.3 is 0 Å². The molecule has 0 aromatic heterocycles. The molecule has 3 aromatic rings. The van der Waals surface area contributed by atoms with E-state index >= 15 is 0 Å². The lowest BCUT2D eigenvalue weighted by Crippen LogP contribution is -2.18. The Balaban J connectivity index is 1.99. The minimum Gasteiger partial charge on any atom is -0.455 e. The molecule has 0 N–H and O–H groups in total. The molecule has 1 aliphatic rings. The van der Waals surface area contributed by atoms with E-state index in [0.717, 1.165) is 29.3 Å². The predicted molar refractivity (Wildman–Crippen MR) is 109 cm³/mol. The van der Waals surface area contributed by atoms with Crippen molar-refractivity contribution in [3.63, 3.8) is 0 Å². The van der Waals surface area contributed by atoms with Crippen LogP contribution in [0.4, 0.5) is 0 Å². The van der Waals surface area contributed by atoms with Crippen molar-refractivity contribution in [3.8, 4) is 0 Å². The largest absolute Gasteiger partial charge is 0.455 e. The van der Waals surface area contributed by atoms with Crippen LogP contribution in [0.15, 0.2) is 102 Å². The maximum atomic E-state index is 12.2. The van der Waals surface area contributed by atoms with Crippen LogP contribution in [0.1, 0.15) is 22.6 Å². The fourth-order valence-electron chi connectivity index (χ4n) is 3.53. The molecule has 0 atom stereocenters. The minimum atomic E-state index is -0.490. The summed E-state index contributed by atoms with van der Waals surface area (Å²) < 4.78 is 6.21. The van der Waals surface area contributed by atoms with Crippen molar-refractivity contribution in [1.29, 1.82) is 0 Å². The lowest BCUT2D eigenvalue weighted by atomic mass is 9.81. The summed E-state index contributed by atoms with van der Waals surface area (Å²) in [6.07, 6.45) is 1.59. The molecule has 0 bridgehead atoms. The third-order valence-electron chi connectivity index (χ3n) is 4.81. The second-order valence-electron chi connectivity index (χ2n) is 6.48. The summed E-state index contributed by atoms with van der Waals surface area (Å²) in [6, 6.07) is 28.6. The molecule has 1 aliphatic heterocycles. The first kappa shape index (κ1) is 17.7. The van der Waals surface area contributed by atoms with Crippen molar-refractivity contribution in [2.45, 2.75) is 5.92 Å². The Hall–Kier alpha value is -3.72. The van der Waals surface area contributed by atoms with Gasteiger partial charge in [0.1, 0.15) is 11.5 Å². The monoisotopic (exact) mass is 366 g/mol. The number of aldehydes is 2. The summed E-state index contributed by atoms with van der Waals surface area (Å²) >= 11 is 0. The van der Waals surface area contributed by atoms with Crippen LogP contribution in [0.2, 0.25) is 0 Å². The Bertz CT molecular complexity index is 981. The van der Waals surface area contributed by atoms with E-state index in [1.165, 1.54) is 0 Å². The lowest BCUT2D eigenvalue weighted by Gasteiger charge is -2.29. The average Bonchev–Trinajstić information content (AvgIpc) is 2.79. The van der Waals surface area contributed by atoms with Crippen LogP contribution in [0.25, 0.3) is 11.5 Å². The fraction of sp³-hybridized carbons (Fsp3) is 0.0400. The van der Waals surface area contributed by atoms with Crippen LogP contribution < -0.4 is 0 Å². The van der Waals surface area contributed by atoms with Crippen LogP contribution in [-0.4, -0.2) is 12.6 Å². The zero-order valence-corrected chi connectivity index (χ0v) is 15.1. The number of hydrogen-bond donors (Lipinski definition) is 0. The van der Waals surface area contributed by atoms with Crippen molar-refractivity contribution < 1.29 is 14.3 Å². The van der Waals surface area contributed by atoms with E-state index in [1.807, 2.05) is 91.0 Å². The zero-order chi connectivity index (χ0) is 19.3. The molecule has 0 spiro atoms. The molecule has 136 valence electrons. The minimum absolute atomic E-state index is 0.444. The van der Waals surface area contributed by atoms with E-state index in [9.17, 15) is 9.59 Å². The number of carbonyl (C=O) groups excluding carboxylic acids is 2. The van der Waals surface area contributed by atoms with E-state index in [2.05, 4.69) is 0 Å². The SMILES string of the molecule is O=CC1=C(c2ccccc2)OC(c2ccccc2)=C(C=O)C1c1ccccc1. The summed E-state index contributed by atoms with van der Waals surface area (Å²) in [6.45, 7) is 0. The highest BCUT2D eigenvalue weighted by Gasteiger charge is 2.34. The fourth-order valence-corrected chi connectivity index (χ4v) is 3.53. The molecule has 3 aromatic carbocycles. The van der Waals surface area contributed by atoms with Gasteiger partial charge in [-0.3, -0.25) is 9.59 Å². The molecule has 0 amide bonds. The van der Waals surface area contributed by atoms with Crippen molar-refractivity contribution in [2.75, 3.05) is 0 Å². The Morgan fingerprint density at radius 1 is 0.571 bits per heavy atom. The predicted octanol–water partition coefficient (Wildman–Crippen LogP) is 5.02. The van der Waals surface area contributed by atoms with Crippen LogP contribution in [0.3, 0.4) is 0 Å². The van der Waals surface area contributed by atoms with Crippen LogP contribution in [-0.2, 0) is 14.3 Å².